The van der Waals surface area contributed by atoms with Crippen molar-refractivity contribution in [2.24, 2.45) is 0 Å². The summed E-state index contributed by atoms with van der Waals surface area (Å²) in [5, 5.41) is 13.1. The van der Waals surface area contributed by atoms with Gasteiger partial charge in [0.2, 0.25) is 0 Å². The molecule has 0 radical (unpaired) electrons. The van der Waals surface area contributed by atoms with E-state index in [1.807, 2.05) is 0 Å². The summed E-state index contributed by atoms with van der Waals surface area (Å²) in [6.07, 6.45) is -1.02. The van der Waals surface area contributed by atoms with Gasteiger partial charge >= 0.3 is 10.2 Å². The molecule has 138 valence electrons. The van der Waals surface area contributed by atoms with Gasteiger partial charge in [-0.05, 0) is 37.3 Å². The van der Waals surface area contributed by atoms with Crippen molar-refractivity contribution in [2.75, 3.05) is 5.32 Å². The van der Waals surface area contributed by atoms with Gasteiger partial charge < -0.3 is 10.1 Å². The molecule has 2 aromatic rings. The van der Waals surface area contributed by atoms with Crippen LogP contribution < -0.4 is 10.1 Å². The predicted molar refractivity (Wildman–Crippen MR) is 91.6 cm³/mol. The Bertz CT molecular complexity index is 949. The minimum absolute atomic E-state index is 0.0312. The molecule has 0 aliphatic carbocycles. The normalized spacial score (nSPS) is 12.3. The van der Waals surface area contributed by atoms with Gasteiger partial charge in [-0.1, -0.05) is 11.6 Å². The summed E-state index contributed by atoms with van der Waals surface area (Å²) in [5.41, 5.74) is 0.00926. The third-order valence-electron chi connectivity index (χ3n) is 3.20. The SMILES string of the molecule is CC(Oc1ccc([N+](=O)[O-])cc1Cl)C(=O)Nc1ccc(S(=O)(=O)F)cc1. The van der Waals surface area contributed by atoms with E-state index in [9.17, 15) is 27.2 Å². The second-order valence-corrected chi connectivity index (χ2v) is 6.84. The van der Waals surface area contributed by atoms with E-state index in [4.69, 9.17) is 16.3 Å². The Hall–Kier alpha value is -2.72. The number of carbonyl (C=O) groups excluding carboxylic acids is 1. The number of ether oxygens (including phenoxy) is 1. The van der Waals surface area contributed by atoms with E-state index in [-0.39, 0.29) is 22.1 Å². The summed E-state index contributed by atoms with van der Waals surface area (Å²) in [6, 6.07) is 7.99. The number of rotatable bonds is 6. The Morgan fingerprint density at radius 2 is 1.88 bits per heavy atom. The molecule has 1 N–H and O–H groups in total. The summed E-state index contributed by atoms with van der Waals surface area (Å²) in [5.74, 6) is -0.505. The molecule has 8 nitrogen and oxygen atoms in total. The molecule has 11 heteroatoms. The van der Waals surface area contributed by atoms with E-state index in [1.165, 1.54) is 31.2 Å². The van der Waals surface area contributed by atoms with Crippen LogP contribution in [-0.4, -0.2) is 25.4 Å². The molecule has 0 fully saturated rings. The molecular formula is C15H12ClFN2O6S. The first-order valence-corrected chi connectivity index (χ1v) is 8.80. The fourth-order valence-corrected chi connectivity index (χ4v) is 2.57. The largest absolute Gasteiger partial charge is 0.479 e. The zero-order chi connectivity index (χ0) is 19.5. The summed E-state index contributed by atoms with van der Waals surface area (Å²) >= 11 is 5.89. The first kappa shape index (κ1) is 19.6. The zero-order valence-electron chi connectivity index (χ0n) is 13.2. The van der Waals surface area contributed by atoms with E-state index in [0.717, 1.165) is 18.2 Å². The molecule has 26 heavy (non-hydrogen) atoms. The van der Waals surface area contributed by atoms with Crippen molar-refractivity contribution in [1.82, 2.24) is 0 Å². The lowest BCUT2D eigenvalue weighted by Gasteiger charge is -2.15. The first-order chi connectivity index (χ1) is 12.1. The molecule has 1 amide bonds. The van der Waals surface area contributed by atoms with E-state index in [2.05, 4.69) is 5.32 Å². The van der Waals surface area contributed by atoms with Crippen LogP contribution >= 0.6 is 11.6 Å². The van der Waals surface area contributed by atoms with Gasteiger partial charge in [-0.3, -0.25) is 14.9 Å². The quantitative estimate of drug-likeness (QED) is 0.450. The van der Waals surface area contributed by atoms with E-state index >= 15 is 0 Å². The van der Waals surface area contributed by atoms with Crippen molar-refractivity contribution in [3.63, 3.8) is 0 Å². The molecule has 2 aromatic carbocycles. The topological polar surface area (TPSA) is 116 Å². The van der Waals surface area contributed by atoms with Crippen LogP contribution in [0.15, 0.2) is 47.4 Å². The highest BCUT2D eigenvalue weighted by atomic mass is 35.5. The minimum Gasteiger partial charge on any atom is -0.479 e. The Labute approximate surface area is 152 Å². The maximum Gasteiger partial charge on any atom is 0.332 e. The molecule has 0 aliphatic rings. The van der Waals surface area contributed by atoms with Crippen molar-refractivity contribution in [1.29, 1.82) is 0 Å². The standard InChI is InChI=1S/C15H12ClFN2O6S/c1-9(25-14-7-4-11(19(21)22)8-13(14)16)15(20)18-10-2-5-12(6-3-10)26(17,23)24/h2-9H,1H3,(H,18,20). The van der Waals surface area contributed by atoms with Gasteiger partial charge in [0.15, 0.2) is 6.10 Å². The highest BCUT2D eigenvalue weighted by Gasteiger charge is 2.18. The van der Waals surface area contributed by atoms with Crippen LogP contribution in [0.2, 0.25) is 5.02 Å². The molecule has 0 heterocycles. The number of hydrogen-bond acceptors (Lipinski definition) is 6. The number of benzene rings is 2. The third kappa shape index (κ3) is 4.90. The van der Waals surface area contributed by atoms with Gasteiger partial charge in [0.25, 0.3) is 11.6 Å². The number of hydrogen-bond donors (Lipinski definition) is 1. The zero-order valence-corrected chi connectivity index (χ0v) is 14.8. The van der Waals surface area contributed by atoms with Crippen LogP contribution in [0.5, 0.6) is 5.75 Å². The predicted octanol–water partition coefficient (Wildman–Crippen LogP) is 3.31. The van der Waals surface area contributed by atoms with E-state index in [0.29, 0.717) is 0 Å². The van der Waals surface area contributed by atoms with Gasteiger partial charge in [-0.25, -0.2) is 0 Å². The lowest BCUT2D eigenvalue weighted by Crippen LogP contribution is -2.30. The number of nitrogens with zero attached hydrogens (tertiary/aromatic N) is 1. The number of nitrogens with one attached hydrogen (secondary N) is 1. The van der Waals surface area contributed by atoms with Crippen LogP contribution in [0.3, 0.4) is 0 Å². The Morgan fingerprint density at radius 1 is 1.27 bits per heavy atom. The Balaban J connectivity index is 2.05. The van der Waals surface area contributed by atoms with Crippen molar-refractivity contribution in [3.05, 3.63) is 57.6 Å². The third-order valence-corrected chi connectivity index (χ3v) is 4.33. The van der Waals surface area contributed by atoms with E-state index in [1.54, 1.807) is 0 Å². The molecule has 0 bridgehead atoms. The number of non-ortho nitro benzene ring substituents is 1. The van der Waals surface area contributed by atoms with Crippen LogP contribution in [0.4, 0.5) is 15.3 Å². The van der Waals surface area contributed by atoms with Crippen LogP contribution in [0.1, 0.15) is 6.92 Å². The maximum atomic E-state index is 12.8. The molecule has 0 saturated carbocycles. The number of amides is 1. The Morgan fingerprint density at radius 3 is 2.38 bits per heavy atom. The van der Waals surface area contributed by atoms with Gasteiger partial charge in [0.1, 0.15) is 5.75 Å². The van der Waals surface area contributed by atoms with Crippen molar-refractivity contribution < 1.29 is 26.8 Å². The molecule has 1 unspecified atom stereocenters. The molecule has 1 atom stereocenters. The molecule has 0 spiro atoms. The fourth-order valence-electron chi connectivity index (χ4n) is 1.89. The summed E-state index contributed by atoms with van der Waals surface area (Å²) < 4.78 is 39.7. The summed E-state index contributed by atoms with van der Waals surface area (Å²) in [7, 11) is -4.82. The number of anilines is 1. The van der Waals surface area contributed by atoms with Crippen molar-refractivity contribution >= 4 is 39.1 Å². The molecular weight excluding hydrogens is 391 g/mol. The second-order valence-electron chi connectivity index (χ2n) is 5.08. The second kappa shape index (κ2) is 7.67. The molecule has 0 aromatic heterocycles. The lowest BCUT2D eigenvalue weighted by atomic mass is 10.3. The van der Waals surface area contributed by atoms with Crippen LogP contribution in [-0.2, 0) is 15.0 Å². The number of nitro benzene ring substituents is 1. The van der Waals surface area contributed by atoms with Gasteiger partial charge in [0.05, 0.1) is 14.8 Å². The van der Waals surface area contributed by atoms with Crippen molar-refractivity contribution in [3.8, 4) is 5.75 Å². The lowest BCUT2D eigenvalue weighted by molar-refractivity contribution is -0.384. The summed E-state index contributed by atoms with van der Waals surface area (Å²) in [6.45, 7) is 1.42. The number of halogens is 2. The van der Waals surface area contributed by atoms with Crippen LogP contribution in [0.25, 0.3) is 0 Å². The van der Waals surface area contributed by atoms with E-state index < -0.39 is 32.1 Å². The smallest absolute Gasteiger partial charge is 0.332 e. The van der Waals surface area contributed by atoms with Gasteiger partial charge in [-0.15, -0.1) is 3.89 Å². The highest BCUT2D eigenvalue weighted by molar-refractivity contribution is 7.86. The minimum atomic E-state index is -4.82. The highest BCUT2D eigenvalue weighted by Crippen LogP contribution is 2.29. The Kier molecular flexibility index (Phi) is 5.78. The van der Waals surface area contributed by atoms with Gasteiger partial charge in [0, 0.05) is 17.8 Å². The first-order valence-electron chi connectivity index (χ1n) is 7.04. The number of carbonyl (C=O) groups is 1. The molecule has 0 saturated heterocycles. The number of nitro groups is 1. The maximum absolute atomic E-state index is 12.8. The van der Waals surface area contributed by atoms with Crippen LogP contribution in [0, 0.1) is 10.1 Å². The molecule has 0 aliphatic heterocycles. The monoisotopic (exact) mass is 402 g/mol. The summed E-state index contributed by atoms with van der Waals surface area (Å²) in [4.78, 5) is 21.6. The average Bonchev–Trinajstić information content (AvgIpc) is 2.56. The molecule has 2 rings (SSSR count). The van der Waals surface area contributed by atoms with Gasteiger partial charge in [-0.2, -0.15) is 8.42 Å². The fraction of sp³-hybridized carbons (Fsp3) is 0.133. The van der Waals surface area contributed by atoms with Crippen molar-refractivity contribution in [2.45, 2.75) is 17.9 Å². The average molecular weight is 403 g/mol.